The van der Waals surface area contributed by atoms with Crippen molar-refractivity contribution in [2.24, 2.45) is 0 Å². The van der Waals surface area contributed by atoms with Gasteiger partial charge in [-0.3, -0.25) is 4.79 Å². The van der Waals surface area contributed by atoms with E-state index in [9.17, 15) is 14.4 Å². The Morgan fingerprint density at radius 3 is 2.00 bits per heavy atom. The van der Waals surface area contributed by atoms with Crippen LogP contribution in [0, 0.1) is 0 Å². The lowest BCUT2D eigenvalue weighted by atomic mass is 9.78. The second-order valence-electron chi connectivity index (χ2n) is 8.38. The van der Waals surface area contributed by atoms with Crippen LogP contribution < -0.4 is 14.8 Å². The summed E-state index contributed by atoms with van der Waals surface area (Å²) in [4.78, 5) is 37.4. The Morgan fingerprint density at radius 2 is 1.44 bits per heavy atom. The summed E-state index contributed by atoms with van der Waals surface area (Å²) in [5, 5.41) is 2.88. The van der Waals surface area contributed by atoms with Crippen LogP contribution in [0.5, 0.6) is 11.5 Å². The van der Waals surface area contributed by atoms with E-state index in [1.54, 1.807) is 66.7 Å². The van der Waals surface area contributed by atoms with Crippen molar-refractivity contribution in [3.8, 4) is 11.5 Å². The summed E-state index contributed by atoms with van der Waals surface area (Å²) in [6.07, 6.45) is 2.31. The molecule has 1 saturated heterocycles. The van der Waals surface area contributed by atoms with Crippen molar-refractivity contribution in [3.63, 3.8) is 0 Å². The Bertz CT molecular complexity index is 1230. The first-order valence-electron chi connectivity index (χ1n) is 11.2. The van der Waals surface area contributed by atoms with E-state index < -0.39 is 17.5 Å². The molecule has 3 aromatic carbocycles. The van der Waals surface area contributed by atoms with Gasteiger partial charge in [0.1, 0.15) is 12.2 Å². The summed E-state index contributed by atoms with van der Waals surface area (Å²) in [6.45, 7) is 0.289. The molecule has 7 heteroatoms. The quantitative estimate of drug-likeness (QED) is 0.473. The van der Waals surface area contributed by atoms with Crippen molar-refractivity contribution < 1.29 is 28.6 Å². The molecular weight excluding hydrogens is 434 g/mol. The van der Waals surface area contributed by atoms with Crippen LogP contribution in [0.4, 0.5) is 0 Å². The fourth-order valence-electron chi connectivity index (χ4n) is 4.44. The lowest BCUT2D eigenvalue weighted by Gasteiger charge is -2.41. The molecule has 1 aliphatic heterocycles. The Morgan fingerprint density at radius 1 is 0.853 bits per heavy atom. The monoisotopic (exact) mass is 457 g/mol. The Labute approximate surface area is 196 Å². The number of aryl methyl sites for hydroxylation is 1. The fourth-order valence-corrected chi connectivity index (χ4v) is 4.44. The molecule has 0 bridgehead atoms. The maximum Gasteiger partial charge on any atom is 0.343 e. The minimum absolute atomic E-state index is 0.0384. The molecule has 1 N–H and O–H groups in total. The molecular formula is C27H23NO6. The third-order valence-electron chi connectivity index (χ3n) is 6.16. The maximum atomic E-state index is 12.8. The van der Waals surface area contributed by atoms with Gasteiger partial charge in [0.15, 0.2) is 11.5 Å². The smallest absolute Gasteiger partial charge is 0.343 e. The molecule has 7 nitrogen and oxygen atoms in total. The number of carbonyl (C=O) groups excluding carboxylic acids is 3. The molecule has 5 rings (SSSR count). The first-order valence-corrected chi connectivity index (χ1v) is 11.2. The van der Waals surface area contributed by atoms with Crippen LogP contribution in [0.15, 0.2) is 72.8 Å². The molecule has 1 atom stereocenters. The highest BCUT2D eigenvalue weighted by Crippen LogP contribution is 2.44. The zero-order valence-electron chi connectivity index (χ0n) is 18.4. The number of amides is 1. The van der Waals surface area contributed by atoms with Crippen molar-refractivity contribution in [2.45, 2.75) is 24.9 Å². The second kappa shape index (κ2) is 9.11. The van der Waals surface area contributed by atoms with Crippen molar-refractivity contribution in [1.82, 2.24) is 5.32 Å². The molecule has 1 amide bonds. The van der Waals surface area contributed by atoms with E-state index in [0.29, 0.717) is 17.7 Å². The van der Waals surface area contributed by atoms with Crippen LogP contribution in [0.1, 0.15) is 44.7 Å². The molecule has 2 aliphatic rings. The third kappa shape index (κ3) is 4.30. The number of benzene rings is 3. The van der Waals surface area contributed by atoms with Gasteiger partial charge in [0.2, 0.25) is 5.91 Å². The predicted octanol–water partition coefficient (Wildman–Crippen LogP) is 3.80. The molecule has 3 aromatic rings. The average Bonchev–Trinajstić information content (AvgIpc) is 2.87. The molecule has 1 spiro atoms. The van der Waals surface area contributed by atoms with Gasteiger partial charge in [-0.15, -0.1) is 0 Å². The van der Waals surface area contributed by atoms with E-state index in [1.807, 2.05) is 6.07 Å². The van der Waals surface area contributed by atoms with E-state index in [-0.39, 0.29) is 24.0 Å². The summed E-state index contributed by atoms with van der Waals surface area (Å²) < 4.78 is 17.5. The molecule has 1 fully saturated rings. The maximum absolute atomic E-state index is 12.8. The van der Waals surface area contributed by atoms with Gasteiger partial charge in [-0.1, -0.05) is 36.4 Å². The van der Waals surface area contributed by atoms with E-state index in [0.717, 1.165) is 30.4 Å². The molecule has 1 unspecified atom stereocenters. The number of morpholine rings is 1. The van der Waals surface area contributed by atoms with Crippen LogP contribution in [0.25, 0.3) is 0 Å². The lowest BCUT2D eigenvalue weighted by Crippen LogP contribution is -2.51. The van der Waals surface area contributed by atoms with Crippen molar-refractivity contribution >= 4 is 17.8 Å². The second-order valence-corrected chi connectivity index (χ2v) is 8.38. The van der Waals surface area contributed by atoms with Crippen molar-refractivity contribution in [3.05, 3.63) is 95.1 Å². The van der Waals surface area contributed by atoms with Crippen LogP contribution in [0.2, 0.25) is 0 Å². The number of nitrogens with one attached hydrogen (secondary N) is 1. The first kappa shape index (κ1) is 21.9. The van der Waals surface area contributed by atoms with Gasteiger partial charge < -0.3 is 19.5 Å². The topological polar surface area (TPSA) is 90.9 Å². The molecule has 34 heavy (non-hydrogen) atoms. The molecule has 0 aromatic heterocycles. The van der Waals surface area contributed by atoms with Gasteiger partial charge >= 0.3 is 11.9 Å². The summed E-state index contributed by atoms with van der Waals surface area (Å²) in [5.41, 5.74) is 1.80. The van der Waals surface area contributed by atoms with Crippen LogP contribution >= 0.6 is 0 Å². The molecule has 1 aliphatic carbocycles. The van der Waals surface area contributed by atoms with E-state index in [1.165, 1.54) is 0 Å². The normalized spacial score (nSPS) is 19.1. The summed E-state index contributed by atoms with van der Waals surface area (Å²) in [5.74, 6) is -1.00. The van der Waals surface area contributed by atoms with E-state index in [2.05, 4.69) is 5.32 Å². The molecule has 172 valence electrons. The number of hydrogen-bond acceptors (Lipinski definition) is 6. The summed E-state index contributed by atoms with van der Waals surface area (Å²) >= 11 is 0. The highest BCUT2D eigenvalue weighted by molar-refractivity contribution is 5.93. The first-order chi connectivity index (χ1) is 16.5. The molecule has 0 saturated carbocycles. The van der Waals surface area contributed by atoms with Crippen LogP contribution in [-0.2, 0) is 21.6 Å². The van der Waals surface area contributed by atoms with Crippen molar-refractivity contribution in [1.29, 1.82) is 0 Å². The summed E-state index contributed by atoms with van der Waals surface area (Å²) in [7, 11) is 0. The minimum Gasteiger partial charge on any atom is -0.419 e. The van der Waals surface area contributed by atoms with E-state index in [4.69, 9.17) is 14.2 Å². The zero-order valence-corrected chi connectivity index (χ0v) is 18.4. The van der Waals surface area contributed by atoms with Gasteiger partial charge in [-0.25, -0.2) is 9.59 Å². The number of fused-ring (bicyclic) bond motifs is 2. The predicted molar refractivity (Wildman–Crippen MR) is 123 cm³/mol. The number of carbonyl (C=O) groups is 3. The van der Waals surface area contributed by atoms with E-state index >= 15 is 0 Å². The van der Waals surface area contributed by atoms with Gasteiger partial charge in [0.05, 0.1) is 17.7 Å². The van der Waals surface area contributed by atoms with Gasteiger partial charge in [0.25, 0.3) is 0 Å². The highest BCUT2D eigenvalue weighted by Gasteiger charge is 2.42. The Kier molecular flexibility index (Phi) is 5.86. The standard InChI is InChI=1S/C27H23NO6/c29-24-16-32-27(17-28-24)13-7-12-20-14-22(33-25(30)18-8-3-1-4-9-18)23(15-21(20)27)34-26(31)19-10-5-2-6-11-19/h1-6,8-11,14-15H,7,12-13,16-17H2,(H,28,29). The van der Waals surface area contributed by atoms with Gasteiger partial charge in [0, 0.05) is 0 Å². The minimum atomic E-state index is -0.711. The molecule has 1 heterocycles. The fraction of sp³-hybridized carbons (Fsp3) is 0.222. The summed E-state index contributed by atoms with van der Waals surface area (Å²) in [6, 6.07) is 20.7. The van der Waals surface area contributed by atoms with Crippen LogP contribution in [-0.4, -0.2) is 31.0 Å². The van der Waals surface area contributed by atoms with Gasteiger partial charge in [-0.05, 0) is 66.8 Å². The number of esters is 2. The molecule has 0 radical (unpaired) electrons. The largest absolute Gasteiger partial charge is 0.419 e. The Hall–Kier alpha value is -3.97. The van der Waals surface area contributed by atoms with Gasteiger partial charge in [-0.2, -0.15) is 0 Å². The average molecular weight is 457 g/mol. The van der Waals surface area contributed by atoms with Crippen LogP contribution in [0.3, 0.4) is 0 Å². The lowest BCUT2D eigenvalue weighted by molar-refractivity contribution is -0.147. The number of ether oxygens (including phenoxy) is 3. The third-order valence-corrected chi connectivity index (χ3v) is 6.16. The SMILES string of the molecule is O=C1COC2(CCCc3cc(OC(=O)c4ccccc4)c(OC(=O)c4ccccc4)cc32)CN1. The zero-order chi connectivity index (χ0) is 23.5. The number of rotatable bonds is 4. The van der Waals surface area contributed by atoms with Crippen molar-refractivity contribution in [2.75, 3.05) is 13.2 Å². The Balaban J connectivity index is 1.54. The highest BCUT2D eigenvalue weighted by atomic mass is 16.6. The number of hydrogen-bond donors (Lipinski definition) is 1.